The van der Waals surface area contributed by atoms with Crippen LogP contribution in [0.4, 0.5) is 5.69 Å². The Hall–Kier alpha value is -1.84. The van der Waals surface area contributed by atoms with Gasteiger partial charge in [-0.25, -0.2) is 0 Å². The Kier molecular flexibility index (Phi) is 5.55. The van der Waals surface area contributed by atoms with Crippen LogP contribution in [0.2, 0.25) is 0 Å². The molecule has 0 aliphatic carbocycles. The number of amides is 1. The van der Waals surface area contributed by atoms with Crippen molar-refractivity contribution in [1.82, 2.24) is 0 Å². The maximum atomic E-state index is 11.8. The maximum Gasteiger partial charge on any atom is 0.309 e. The molecule has 1 atom stereocenters. The third kappa shape index (κ3) is 4.73. The van der Waals surface area contributed by atoms with Crippen molar-refractivity contribution in [2.45, 2.75) is 40.2 Å². The second kappa shape index (κ2) is 6.92. The van der Waals surface area contributed by atoms with Gasteiger partial charge < -0.3 is 10.1 Å². The number of hydrogen-bond donors (Lipinski definition) is 1. The molecule has 1 aromatic carbocycles. The lowest BCUT2D eigenvalue weighted by molar-refractivity contribution is -0.156. The molecule has 1 aromatic rings. The zero-order chi connectivity index (χ0) is 14.4. The van der Waals surface area contributed by atoms with Crippen molar-refractivity contribution in [3.05, 3.63) is 29.8 Å². The van der Waals surface area contributed by atoms with E-state index in [-0.39, 0.29) is 17.8 Å². The Morgan fingerprint density at radius 3 is 2.21 bits per heavy atom. The van der Waals surface area contributed by atoms with E-state index in [1.807, 2.05) is 24.3 Å². The van der Waals surface area contributed by atoms with E-state index in [4.69, 9.17) is 4.74 Å². The predicted octanol–water partition coefficient (Wildman–Crippen LogP) is 2.78. The molecule has 4 nitrogen and oxygen atoms in total. The molecule has 0 heterocycles. The molecule has 1 rings (SSSR count). The predicted molar refractivity (Wildman–Crippen MR) is 74.8 cm³/mol. The molecular weight excluding hydrogens is 242 g/mol. The molecule has 0 unspecified atom stereocenters. The molecule has 0 fully saturated rings. The summed E-state index contributed by atoms with van der Waals surface area (Å²) in [4.78, 5) is 23.2. The van der Waals surface area contributed by atoms with Gasteiger partial charge in [0.25, 0.3) is 5.91 Å². The molecule has 19 heavy (non-hydrogen) atoms. The Morgan fingerprint density at radius 2 is 1.74 bits per heavy atom. The van der Waals surface area contributed by atoms with Crippen LogP contribution < -0.4 is 5.32 Å². The quantitative estimate of drug-likeness (QED) is 0.831. The average Bonchev–Trinajstić information content (AvgIpc) is 2.39. The summed E-state index contributed by atoms with van der Waals surface area (Å²) in [5, 5.41) is 2.72. The summed E-state index contributed by atoms with van der Waals surface area (Å²) in [6.07, 6.45) is 0.164. The van der Waals surface area contributed by atoms with Crippen LogP contribution in [0.15, 0.2) is 24.3 Å². The van der Waals surface area contributed by atoms with Crippen molar-refractivity contribution in [2.75, 3.05) is 5.32 Å². The van der Waals surface area contributed by atoms with Crippen molar-refractivity contribution >= 4 is 17.6 Å². The molecule has 0 bridgehead atoms. The highest BCUT2D eigenvalue weighted by Crippen LogP contribution is 2.11. The van der Waals surface area contributed by atoms with Gasteiger partial charge in [-0.3, -0.25) is 9.59 Å². The summed E-state index contributed by atoms with van der Waals surface area (Å²) in [5.74, 6) is -0.929. The van der Waals surface area contributed by atoms with Gasteiger partial charge in [0.2, 0.25) is 0 Å². The molecule has 0 saturated heterocycles. The first-order valence-electron chi connectivity index (χ1n) is 6.54. The van der Waals surface area contributed by atoms with E-state index in [0.29, 0.717) is 5.69 Å². The van der Waals surface area contributed by atoms with E-state index in [0.717, 1.165) is 6.42 Å². The molecule has 4 heteroatoms. The number of esters is 1. The number of carbonyl (C=O) groups is 2. The normalized spacial score (nSPS) is 12.1. The van der Waals surface area contributed by atoms with E-state index in [1.54, 1.807) is 20.8 Å². The van der Waals surface area contributed by atoms with Crippen molar-refractivity contribution in [3.8, 4) is 0 Å². The Bertz CT molecular complexity index is 437. The van der Waals surface area contributed by atoms with E-state index in [9.17, 15) is 9.59 Å². The summed E-state index contributed by atoms with van der Waals surface area (Å²) in [6.45, 7) is 7.10. The lowest BCUT2D eigenvalue weighted by Crippen LogP contribution is -2.31. The number of aryl methyl sites for hydroxylation is 1. The number of carbonyl (C=O) groups excluding carboxylic acids is 2. The number of hydrogen-bond acceptors (Lipinski definition) is 3. The number of anilines is 1. The van der Waals surface area contributed by atoms with Gasteiger partial charge in [-0.15, -0.1) is 0 Å². The van der Waals surface area contributed by atoms with E-state index < -0.39 is 6.10 Å². The monoisotopic (exact) mass is 263 g/mol. The molecule has 104 valence electrons. The summed E-state index contributed by atoms with van der Waals surface area (Å²) in [7, 11) is 0. The van der Waals surface area contributed by atoms with Crippen LogP contribution in [-0.2, 0) is 20.7 Å². The largest absolute Gasteiger partial charge is 0.452 e. The second-order valence-electron chi connectivity index (χ2n) is 4.77. The number of nitrogens with one attached hydrogen (secondary N) is 1. The standard InChI is InChI=1S/C15H21NO3/c1-5-12-6-8-13(9-7-12)16-14(17)11(4)19-15(18)10(2)3/h6-11H,5H2,1-4H3,(H,16,17)/t11-/m0/s1. The minimum atomic E-state index is -0.791. The lowest BCUT2D eigenvalue weighted by Gasteiger charge is -2.15. The SMILES string of the molecule is CCc1ccc(NC(=O)[C@H](C)OC(=O)C(C)C)cc1. The third-order valence-electron chi connectivity index (χ3n) is 2.76. The first kappa shape index (κ1) is 15.2. The Balaban J connectivity index is 2.55. The summed E-state index contributed by atoms with van der Waals surface area (Å²) >= 11 is 0. The first-order chi connectivity index (χ1) is 8.93. The van der Waals surface area contributed by atoms with Crippen LogP contribution >= 0.6 is 0 Å². The van der Waals surface area contributed by atoms with Crippen molar-refractivity contribution in [1.29, 1.82) is 0 Å². The Morgan fingerprint density at radius 1 is 1.16 bits per heavy atom. The molecular formula is C15H21NO3. The molecule has 0 spiro atoms. The van der Waals surface area contributed by atoms with Gasteiger partial charge in [0.15, 0.2) is 6.10 Å². The van der Waals surface area contributed by atoms with E-state index in [2.05, 4.69) is 12.2 Å². The first-order valence-corrected chi connectivity index (χ1v) is 6.54. The van der Waals surface area contributed by atoms with Gasteiger partial charge in [0, 0.05) is 5.69 Å². The minimum absolute atomic E-state index is 0.237. The fourth-order valence-corrected chi connectivity index (χ4v) is 1.43. The van der Waals surface area contributed by atoms with Gasteiger partial charge in [-0.05, 0) is 31.0 Å². The van der Waals surface area contributed by atoms with Crippen LogP contribution in [0.5, 0.6) is 0 Å². The third-order valence-corrected chi connectivity index (χ3v) is 2.76. The van der Waals surface area contributed by atoms with E-state index in [1.165, 1.54) is 5.56 Å². The molecule has 0 aliphatic rings. The molecule has 0 aromatic heterocycles. The van der Waals surface area contributed by atoms with Crippen LogP contribution in [0.3, 0.4) is 0 Å². The molecule has 0 saturated carbocycles. The second-order valence-corrected chi connectivity index (χ2v) is 4.77. The fourth-order valence-electron chi connectivity index (χ4n) is 1.43. The van der Waals surface area contributed by atoms with Gasteiger partial charge in [-0.2, -0.15) is 0 Å². The zero-order valence-corrected chi connectivity index (χ0v) is 11.9. The van der Waals surface area contributed by atoms with Crippen molar-refractivity contribution in [2.24, 2.45) is 5.92 Å². The van der Waals surface area contributed by atoms with Gasteiger partial charge in [-0.1, -0.05) is 32.9 Å². The molecule has 1 amide bonds. The average molecular weight is 263 g/mol. The highest BCUT2D eigenvalue weighted by molar-refractivity contribution is 5.95. The van der Waals surface area contributed by atoms with E-state index >= 15 is 0 Å². The van der Waals surface area contributed by atoms with Crippen molar-refractivity contribution < 1.29 is 14.3 Å². The smallest absolute Gasteiger partial charge is 0.309 e. The minimum Gasteiger partial charge on any atom is -0.452 e. The summed E-state index contributed by atoms with van der Waals surface area (Å²) in [5.41, 5.74) is 1.91. The number of benzene rings is 1. The van der Waals surface area contributed by atoms with Crippen molar-refractivity contribution in [3.63, 3.8) is 0 Å². The van der Waals surface area contributed by atoms with Crippen LogP contribution in [-0.4, -0.2) is 18.0 Å². The molecule has 0 aliphatic heterocycles. The number of ether oxygens (including phenoxy) is 1. The van der Waals surface area contributed by atoms with Gasteiger partial charge >= 0.3 is 5.97 Å². The van der Waals surface area contributed by atoms with Crippen LogP contribution in [0.25, 0.3) is 0 Å². The molecule has 0 radical (unpaired) electrons. The maximum absolute atomic E-state index is 11.8. The van der Waals surface area contributed by atoms with Gasteiger partial charge in [0.1, 0.15) is 0 Å². The van der Waals surface area contributed by atoms with Crippen LogP contribution in [0, 0.1) is 5.92 Å². The highest BCUT2D eigenvalue weighted by Gasteiger charge is 2.19. The zero-order valence-electron chi connectivity index (χ0n) is 11.9. The number of rotatable bonds is 5. The molecule has 1 N–H and O–H groups in total. The lowest BCUT2D eigenvalue weighted by atomic mass is 10.1. The highest BCUT2D eigenvalue weighted by atomic mass is 16.5. The van der Waals surface area contributed by atoms with Crippen LogP contribution in [0.1, 0.15) is 33.3 Å². The summed E-state index contributed by atoms with van der Waals surface area (Å²) in [6, 6.07) is 7.60. The van der Waals surface area contributed by atoms with Gasteiger partial charge in [0.05, 0.1) is 5.92 Å². The summed E-state index contributed by atoms with van der Waals surface area (Å²) < 4.78 is 5.04. The topological polar surface area (TPSA) is 55.4 Å². The Labute approximate surface area is 114 Å². The fraction of sp³-hybridized carbons (Fsp3) is 0.467.